The first-order valence-corrected chi connectivity index (χ1v) is 5.38. The van der Waals surface area contributed by atoms with Crippen molar-refractivity contribution < 1.29 is 9.53 Å². The fourth-order valence-corrected chi connectivity index (χ4v) is 1.46. The van der Waals surface area contributed by atoms with Crippen molar-refractivity contribution in [3.63, 3.8) is 0 Å². The van der Waals surface area contributed by atoms with Crippen LogP contribution in [0.15, 0.2) is 18.2 Å². The molecular formula is C11H12Cl2O2. The van der Waals surface area contributed by atoms with Crippen LogP contribution in [0.5, 0.6) is 0 Å². The van der Waals surface area contributed by atoms with Gasteiger partial charge in [-0.3, -0.25) is 0 Å². The number of carbonyl (C=O) groups excluding carboxylic acids is 1. The predicted molar refractivity (Wildman–Crippen MR) is 61.4 cm³/mol. The Bertz CT molecular complexity index is 339. The number of aldehydes is 1. The van der Waals surface area contributed by atoms with E-state index in [1.54, 1.807) is 18.2 Å². The largest absolute Gasteiger partial charge is 0.373 e. The minimum absolute atomic E-state index is 0.0995. The van der Waals surface area contributed by atoms with Gasteiger partial charge in [-0.1, -0.05) is 23.2 Å². The molecule has 1 unspecified atom stereocenters. The number of carbonyl (C=O) groups is 1. The molecular weight excluding hydrogens is 235 g/mol. The van der Waals surface area contributed by atoms with E-state index in [1.165, 1.54) is 0 Å². The Hall–Kier alpha value is -0.570. The van der Waals surface area contributed by atoms with Crippen LogP contribution in [0.4, 0.5) is 0 Å². The van der Waals surface area contributed by atoms with Gasteiger partial charge in [0.05, 0.1) is 12.7 Å². The van der Waals surface area contributed by atoms with Gasteiger partial charge in [0.1, 0.15) is 6.29 Å². The molecule has 0 saturated carbocycles. The van der Waals surface area contributed by atoms with E-state index in [4.69, 9.17) is 27.9 Å². The maximum absolute atomic E-state index is 10.2. The monoisotopic (exact) mass is 246 g/mol. The van der Waals surface area contributed by atoms with Crippen molar-refractivity contribution in [3.05, 3.63) is 33.8 Å². The summed E-state index contributed by atoms with van der Waals surface area (Å²) < 4.78 is 5.43. The summed E-state index contributed by atoms with van der Waals surface area (Å²) in [4.78, 5) is 10.2. The first kappa shape index (κ1) is 12.5. The molecule has 1 rings (SSSR count). The average molecular weight is 247 g/mol. The van der Waals surface area contributed by atoms with Crippen LogP contribution in [0, 0.1) is 0 Å². The number of rotatable bonds is 5. The van der Waals surface area contributed by atoms with Gasteiger partial charge in [0, 0.05) is 16.5 Å². The zero-order chi connectivity index (χ0) is 11.3. The molecule has 1 aromatic rings. The van der Waals surface area contributed by atoms with Crippen LogP contribution >= 0.6 is 23.2 Å². The summed E-state index contributed by atoms with van der Waals surface area (Å²) in [5.74, 6) is 0. The fourth-order valence-electron chi connectivity index (χ4n) is 1.09. The zero-order valence-corrected chi connectivity index (χ0v) is 9.89. The third-order valence-electron chi connectivity index (χ3n) is 1.96. The normalized spacial score (nSPS) is 12.5. The highest BCUT2D eigenvalue weighted by molar-refractivity contribution is 6.33. The van der Waals surface area contributed by atoms with E-state index in [1.807, 2.05) is 6.92 Å². The Morgan fingerprint density at radius 2 is 2.20 bits per heavy atom. The molecule has 0 amide bonds. The van der Waals surface area contributed by atoms with E-state index in [0.717, 1.165) is 11.8 Å². The second kappa shape index (κ2) is 6.11. The van der Waals surface area contributed by atoms with E-state index in [-0.39, 0.29) is 6.10 Å². The minimum atomic E-state index is -0.0995. The molecule has 0 fully saturated rings. The minimum Gasteiger partial charge on any atom is -0.373 e. The van der Waals surface area contributed by atoms with Crippen molar-refractivity contribution >= 4 is 29.5 Å². The highest BCUT2D eigenvalue weighted by Gasteiger charge is 2.05. The van der Waals surface area contributed by atoms with Gasteiger partial charge in [-0.25, -0.2) is 0 Å². The number of benzene rings is 1. The third kappa shape index (κ3) is 4.20. The Balaban J connectivity index is 2.56. The lowest BCUT2D eigenvalue weighted by Gasteiger charge is -2.11. The van der Waals surface area contributed by atoms with Crippen molar-refractivity contribution in [2.45, 2.75) is 26.1 Å². The van der Waals surface area contributed by atoms with Crippen molar-refractivity contribution in [3.8, 4) is 0 Å². The van der Waals surface area contributed by atoms with E-state index < -0.39 is 0 Å². The lowest BCUT2D eigenvalue weighted by Crippen LogP contribution is -2.08. The van der Waals surface area contributed by atoms with E-state index in [2.05, 4.69) is 0 Å². The Morgan fingerprint density at radius 3 is 2.87 bits per heavy atom. The molecule has 0 radical (unpaired) electrons. The molecule has 82 valence electrons. The van der Waals surface area contributed by atoms with Crippen molar-refractivity contribution in [1.29, 1.82) is 0 Å². The van der Waals surface area contributed by atoms with Gasteiger partial charge in [0.25, 0.3) is 0 Å². The smallest absolute Gasteiger partial charge is 0.122 e. The number of ether oxygens (including phenoxy) is 1. The van der Waals surface area contributed by atoms with Crippen LogP contribution in [-0.4, -0.2) is 12.4 Å². The molecule has 0 saturated heterocycles. The van der Waals surface area contributed by atoms with Crippen molar-refractivity contribution in [2.75, 3.05) is 0 Å². The molecule has 2 nitrogen and oxygen atoms in total. The molecule has 0 aliphatic rings. The molecule has 0 aromatic heterocycles. The summed E-state index contributed by atoms with van der Waals surface area (Å²) in [6.07, 6.45) is 1.13. The van der Waals surface area contributed by atoms with E-state index in [9.17, 15) is 4.79 Å². The maximum Gasteiger partial charge on any atom is 0.122 e. The third-order valence-corrected chi connectivity index (χ3v) is 2.56. The van der Waals surface area contributed by atoms with Crippen LogP contribution in [0.25, 0.3) is 0 Å². The van der Waals surface area contributed by atoms with E-state index in [0.29, 0.717) is 23.1 Å². The summed E-state index contributed by atoms with van der Waals surface area (Å²) in [6.45, 7) is 2.21. The first-order valence-electron chi connectivity index (χ1n) is 4.62. The molecule has 4 heteroatoms. The fraction of sp³-hybridized carbons (Fsp3) is 0.364. The van der Waals surface area contributed by atoms with Gasteiger partial charge >= 0.3 is 0 Å². The summed E-state index contributed by atoms with van der Waals surface area (Å²) in [5.41, 5.74) is 0.835. The SMILES string of the molecule is CC(CC=O)OCc1cc(Cl)ccc1Cl. The van der Waals surface area contributed by atoms with Gasteiger partial charge < -0.3 is 9.53 Å². The highest BCUT2D eigenvalue weighted by Crippen LogP contribution is 2.21. The molecule has 0 bridgehead atoms. The molecule has 1 aromatic carbocycles. The first-order chi connectivity index (χ1) is 7.13. The van der Waals surface area contributed by atoms with Gasteiger partial charge in [0.2, 0.25) is 0 Å². The average Bonchev–Trinajstić information content (AvgIpc) is 2.20. The molecule has 0 aliphatic heterocycles. The highest BCUT2D eigenvalue weighted by atomic mass is 35.5. The van der Waals surface area contributed by atoms with Crippen LogP contribution in [0.3, 0.4) is 0 Å². The van der Waals surface area contributed by atoms with E-state index >= 15 is 0 Å². The maximum atomic E-state index is 10.2. The van der Waals surface area contributed by atoms with Gasteiger partial charge in [0.15, 0.2) is 0 Å². The Kier molecular flexibility index (Phi) is 5.09. The molecule has 1 atom stereocenters. The van der Waals surface area contributed by atoms with Crippen LogP contribution in [-0.2, 0) is 16.1 Å². The number of hydrogen-bond acceptors (Lipinski definition) is 2. The second-order valence-corrected chi connectivity index (χ2v) is 4.10. The lowest BCUT2D eigenvalue weighted by atomic mass is 10.2. The summed E-state index contributed by atoms with van der Waals surface area (Å²) in [5, 5.41) is 1.25. The second-order valence-electron chi connectivity index (χ2n) is 3.26. The summed E-state index contributed by atoms with van der Waals surface area (Å²) >= 11 is 11.8. The number of hydrogen-bond donors (Lipinski definition) is 0. The quantitative estimate of drug-likeness (QED) is 0.744. The summed E-state index contributed by atoms with van der Waals surface area (Å²) in [7, 11) is 0. The van der Waals surface area contributed by atoms with Crippen molar-refractivity contribution in [2.24, 2.45) is 0 Å². The molecule has 0 heterocycles. The summed E-state index contributed by atoms with van der Waals surface area (Å²) in [6, 6.07) is 5.22. The van der Waals surface area contributed by atoms with Crippen LogP contribution in [0.1, 0.15) is 18.9 Å². The standard InChI is InChI=1S/C11H12Cl2O2/c1-8(4-5-14)15-7-9-6-10(12)2-3-11(9)13/h2-3,5-6,8H,4,7H2,1H3. The lowest BCUT2D eigenvalue weighted by molar-refractivity contribution is -0.110. The molecule has 0 N–H and O–H groups in total. The molecule has 0 aliphatic carbocycles. The van der Waals surface area contributed by atoms with Gasteiger partial charge in [-0.05, 0) is 30.7 Å². The zero-order valence-electron chi connectivity index (χ0n) is 8.37. The van der Waals surface area contributed by atoms with Crippen molar-refractivity contribution in [1.82, 2.24) is 0 Å². The Labute approximate surface area is 99.1 Å². The van der Waals surface area contributed by atoms with Gasteiger partial charge in [-0.15, -0.1) is 0 Å². The number of halogens is 2. The molecule has 15 heavy (non-hydrogen) atoms. The van der Waals surface area contributed by atoms with Crippen LogP contribution < -0.4 is 0 Å². The predicted octanol–water partition coefficient (Wildman–Crippen LogP) is 3.49. The Morgan fingerprint density at radius 1 is 1.47 bits per heavy atom. The molecule has 0 spiro atoms. The topological polar surface area (TPSA) is 26.3 Å². The van der Waals surface area contributed by atoms with Gasteiger partial charge in [-0.2, -0.15) is 0 Å². The van der Waals surface area contributed by atoms with Crippen LogP contribution in [0.2, 0.25) is 10.0 Å².